The number of rotatable bonds is 7. The molecule has 0 saturated heterocycles. The van der Waals surface area contributed by atoms with Gasteiger partial charge in [0.25, 0.3) is 0 Å². The molecule has 0 aliphatic heterocycles. The molecule has 1 aromatic carbocycles. The summed E-state index contributed by atoms with van der Waals surface area (Å²) in [5.41, 5.74) is 0.990. The number of halogens is 3. The molecule has 1 rings (SSSR count). The number of alkyl halides is 3. The van der Waals surface area contributed by atoms with Crippen LogP contribution >= 0.6 is 15.9 Å². The lowest BCUT2D eigenvalue weighted by atomic mass is 10.2. The van der Waals surface area contributed by atoms with Crippen LogP contribution in [0.1, 0.15) is 5.56 Å². The van der Waals surface area contributed by atoms with E-state index in [2.05, 4.69) is 15.9 Å². The number of ether oxygens (including phenoxy) is 1. The quantitative estimate of drug-likeness (QED) is 0.389. The van der Waals surface area contributed by atoms with Crippen LogP contribution in [0, 0.1) is 0 Å². The van der Waals surface area contributed by atoms with Crippen molar-refractivity contribution in [3.8, 4) is 0 Å². The zero-order valence-electron chi connectivity index (χ0n) is 11.8. The molecule has 0 aliphatic rings. The number of hydrogen-bond donors (Lipinski definition) is 0. The summed E-state index contributed by atoms with van der Waals surface area (Å²) in [6.07, 6.45) is 1.93. The lowest BCUT2D eigenvalue weighted by molar-refractivity contribution is -0.171. The highest BCUT2D eigenvalue weighted by Gasteiger charge is 2.41. The van der Waals surface area contributed by atoms with Gasteiger partial charge in [-0.3, -0.25) is 0 Å². The van der Waals surface area contributed by atoms with Gasteiger partial charge in [0.2, 0.25) is 6.29 Å². The van der Waals surface area contributed by atoms with Crippen molar-refractivity contribution in [2.75, 3.05) is 6.61 Å². The summed E-state index contributed by atoms with van der Waals surface area (Å²) in [5.74, 6) is 0. The molecular formula is C14H19BrF2O2Si. The number of hydrogen-bond acceptors (Lipinski definition) is 2. The molecule has 0 amide bonds. The molecule has 2 nitrogen and oxygen atoms in total. The maximum Gasteiger partial charge on any atom is 0.350 e. The van der Waals surface area contributed by atoms with Crippen LogP contribution in [0.25, 0.3) is 6.08 Å². The molecule has 112 valence electrons. The van der Waals surface area contributed by atoms with Crippen LogP contribution < -0.4 is 0 Å². The summed E-state index contributed by atoms with van der Waals surface area (Å²) in [6.45, 7) is 5.57. The first-order chi connectivity index (χ1) is 9.18. The Balaban J connectivity index is 2.53. The second-order valence-corrected chi connectivity index (χ2v) is 10.8. The van der Waals surface area contributed by atoms with E-state index >= 15 is 0 Å². The molecule has 1 aromatic rings. The molecule has 0 radical (unpaired) electrons. The third kappa shape index (κ3) is 7.28. The molecule has 0 heterocycles. The van der Waals surface area contributed by atoms with Gasteiger partial charge in [-0.1, -0.05) is 42.5 Å². The maximum atomic E-state index is 13.3. The summed E-state index contributed by atoms with van der Waals surface area (Å²) < 4.78 is 37.1. The van der Waals surface area contributed by atoms with Crippen LogP contribution in [0.15, 0.2) is 36.4 Å². The molecule has 1 atom stereocenters. The second-order valence-electron chi connectivity index (χ2n) is 5.25. The van der Waals surface area contributed by atoms with E-state index in [1.807, 2.05) is 56.0 Å². The molecule has 0 fully saturated rings. The summed E-state index contributed by atoms with van der Waals surface area (Å²) in [7, 11) is -2.11. The van der Waals surface area contributed by atoms with Crippen molar-refractivity contribution < 1.29 is 17.9 Å². The van der Waals surface area contributed by atoms with E-state index in [1.54, 1.807) is 6.08 Å². The zero-order valence-corrected chi connectivity index (χ0v) is 14.4. The third-order valence-electron chi connectivity index (χ3n) is 2.18. The van der Waals surface area contributed by atoms with Crippen molar-refractivity contribution in [2.24, 2.45) is 0 Å². The Labute approximate surface area is 128 Å². The molecule has 0 saturated carbocycles. The van der Waals surface area contributed by atoms with E-state index in [0.29, 0.717) is 0 Å². The summed E-state index contributed by atoms with van der Waals surface area (Å²) in [6, 6.07) is 9.57. The average molecular weight is 365 g/mol. The van der Waals surface area contributed by atoms with E-state index in [4.69, 9.17) is 9.16 Å². The molecule has 0 aromatic heterocycles. The maximum absolute atomic E-state index is 13.3. The molecule has 0 bridgehead atoms. The van der Waals surface area contributed by atoms with Crippen molar-refractivity contribution >= 4 is 30.3 Å². The summed E-state index contributed by atoms with van der Waals surface area (Å²) in [4.78, 5) is -3.20. The number of benzene rings is 1. The van der Waals surface area contributed by atoms with Gasteiger partial charge in [0.15, 0.2) is 8.32 Å². The Morgan fingerprint density at radius 3 is 2.35 bits per heavy atom. The molecule has 1 unspecified atom stereocenters. The Bertz CT molecular complexity index is 427. The Kier molecular flexibility index (Phi) is 6.51. The fraction of sp³-hybridized carbons (Fsp3) is 0.429. The minimum Gasteiger partial charge on any atom is -0.388 e. The Morgan fingerprint density at radius 2 is 1.85 bits per heavy atom. The van der Waals surface area contributed by atoms with Crippen molar-refractivity contribution in [2.45, 2.75) is 30.8 Å². The monoisotopic (exact) mass is 364 g/mol. The van der Waals surface area contributed by atoms with Gasteiger partial charge in [-0.2, -0.15) is 8.78 Å². The van der Waals surface area contributed by atoms with Crippen LogP contribution in [0.4, 0.5) is 8.78 Å². The molecule has 0 spiro atoms. The van der Waals surface area contributed by atoms with Crippen LogP contribution in [-0.2, 0) is 9.16 Å². The largest absolute Gasteiger partial charge is 0.388 e. The highest BCUT2D eigenvalue weighted by molar-refractivity contribution is 9.10. The fourth-order valence-corrected chi connectivity index (χ4v) is 2.66. The Morgan fingerprint density at radius 1 is 1.25 bits per heavy atom. The van der Waals surface area contributed by atoms with E-state index in [0.717, 1.165) is 5.56 Å². The van der Waals surface area contributed by atoms with E-state index < -0.39 is 19.4 Å². The van der Waals surface area contributed by atoms with Crippen LogP contribution in [-0.4, -0.2) is 26.0 Å². The van der Waals surface area contributed by atoms with Crippen LogP contribution in [0.5, 0.6) is 0 Å². The highest BCUT2D eigenvalue weighted by atomic mass is 79.9. The highest BCUT2D eigenvalue weighted by Crippen LogP contribution is 2.31. The molecular weight excluding hydrogens is 346 g/mol. The average Bonchev–Trinajstić information content (AvgIpc) is 2.32. The normalized spacial score (nSPS) is 14.7. The van der Waals surface area contributed by atoms with E-state index in [-0.39, 0.29) is 6.61 Å². The van der Waals surface area contributed by atoms with Gasteiger partial charge in [0.1, 0.15) is 0 Å². The first-order valence-electron chi connectivity index (χ1n) is 6.26. The molecule has 20 heavy (non-hydrogen) atoms. The first-order valence-corrected chi connectivity index (χ1v) is 10.5. The fourth-order valence-electron chi connectivity index (χ4n) is 1.41. The van der Waals surface area contributed by atoms with Crippen molar-refractivity contribution in [1.82, 2.24) is 0 Å². The SMILES string of the molecule is C[Si](C)(C)OC(OC/C=C/c1ccccc1)C(F)(F)Br. The topological polar surface area (TPSA) is 18.5 Å². The molecule has 6 heteroatoms. The first kappa shape index (κ1) is 17.5. The third-order valence-corrected chi connectivity index (χ3v) is 3.48. The van der Waals surface area contributed by atoms with Gasteiger partial charge >= 0.3 is 4.83 Å². The van der Waals surface area contributed by atoms with Crippen molar-refractivity contribution in [3.63, 3.8) is 0 Å². The van der Waals surface area contributed by atoms with E-state index in [1.165, 1.54) is 0 Å². The van der Waals surface area contributed by atoms with Gasteiger partial charge in [-0.05, 0) is 41.1 Å². The van der Waals surface area contributed by atoms with Gasteiger partial charge in [-0.15, -0.1) is 0 Å². The second kappa shape index (κ2) is 7.45. The summed E-state index contributed by atoms with van der Waals surface area (Å²) >= 11 is 2.31. The summed E-state index contributed by atoms with van der Waals surface area (Å²) in [5, 5.41) is 0. The van der Waals surface area contributed by atoms with Gasteiger partial charge in [0, 0.05) is 0 Å². The van der Waals surface area contributed by atoms with E-state index in [9.17, 15) is 8.78 Å². The van der Waals surface area contributed by atoms with Crippen molar-refractivity contribution in [1.29, 1.82) is 0 Å². The predicted octanol–water partition coefficient (Wildman–Crippen LogP) is 4.88. The Hall–Kier alpha value is -0.563. The molecule has 0 N–H and O–H groups in total. The standard InChI is InChI=1S/C14H19BrF2O2Si/c1-20(2,3)19-13(14(15,16)17)18-11-7-10-12-8-5-4-6-9-12/h4-10,13H,11H2,1-3H3/b10-7+. The smallest absolute Gasteiger partial charge is 0.350 e. The van der Waals surface area contributed by atoms with Gasteiger partial charge in [0.05, 0.1) is 6.61 Å². The molecule has 0 aliphatic carbocycles. The predicted molar refractivity (Wildman–Crippen MR) is 83.5 cm³/mol. The van der Waals surface area contributed by atoms with Crippen LogP contribution in [0.2, 0.25) is 19.6 Å². The lowest BCUT2D eigenvalue weighted by Crippen LogP contribution is -2.41. The minimum atomic E-state index is -3.20. The minimum absolute atomic E-state index is 0.0607. The van der Waals surface area contributed by atoms with Crippen molar-refractivity contribution in [3.05, 3.63) is 42.0 Å². The zero-order chi connectivity index (χ0) is 15.2. The van der Waals surface area contributed by atoms with Gasteiger partial charge in [-0.25, -0.2) is 0 Å². The lowest BCUT2D eigenvalue weighted by Gasteiger charge is -2.28. The van der Waals surface area contributed by atoms with Gasteiger partial charge < -0.3 is 9.16 Å². The van der Waals surface area contributed by atoms with Crippen LogP contribution in [0.3, 0.4) is 0 Å².